The lowest BCUT2D eigenvalue weighted by molar-refractivity contribution is 0.0990. The molecule has 0 saturated carbocycles. The number of rotatable bonds is 3. The summed E-state index contributed by atoms with van der Waals surface area (Å²) in [5.74, 6) is 0. The van der Waals surface area contributed by atoms with E-state index in [2.05, 4.69) is 0 Å². The average Bonchev–Trinajstić information content (AvgIpc) is 2.91. The van der Waals surface area contributed by atoms with E-state index < -0.39 is 10.0 Å². The van der Waals surface area contributed by atoms with Gasteiger partial charge < -0.3 is 4.74 Å². The second-order valence-corrected chi connectivity index (χ2v) is 7.46. The molecule has 0 aliphatic carbocycles. The van der Waals surface area contributed by atoms with E-state index in [1.54, 1.807) is 12.1 Å². The van der Waals surface area contributed by atoms with Gasteiger partial charge in [0.2, 0.25) is 10.0 Å². The van der Waals surface area contributed by atoms with E-state index in [0.717, 1.165) is 11.1 Å². The molecule has 1 aliphatic rings. The summed E-state index contributed by atoms with van der Waals surface area (Å²) < 4.78 is 32.7. The van der Waals surface area contributed by atoms with Crippen LogP contribution in [0.2, 0.25) is 0 Å². The highest BCUT2D eigenvalue weighted by atomic mass is 32.2. The molecule has 1 heterocycles. The summed E-state index contributed by atoms with van der Waals surface area (Å²) in [6.07, 6.45) is -0.235. The van der Waals surface area contributed by atoms with Crippen molar-refractivity contribution in [1.29, 1.82) is 0 Å². The van der Waals surface area contributed by atoms with E-state index in [4.69, 9.17) is 4.74 Å². The Labute approximate surface area is 131 Å². The van der Waals surface area contributed by atoms with Crippen molar-refractivity contribution < 1.29 is 13.2 Å². The van der Waals surface area contributed by atoms with Crippen molar-refractivity contribution in [2.45, 2.75) is 30.9 Å². The second kappa shape index (κ2) is 5.83. The molecule has 0 unspecified atom stereocenters. The van der Waals surface area contributed by atoms with Gasteiger partial charge in [-0.05, 0) is 31.5 Å². The molecule has 5 heteroatoms. The van der Waals surface area contributed by atoms with Crippen LogP contribution < -0.4 is 0 Å². The number of benzene rings is 2. The zero-order chi connectivity index (χ0) is 15.7. The Balaban J connectivity index is 1.88. The van der Waals surface area contributed by atoms with Gasteiger partial charge in [-0.15, -0.1) is 0 Å². The quantitative estimate of drug-likeness (QED) is 0.874. The first-order valence-corrected chi connectivity index (χ1v) is 8.69. The van der Waals surface area contributed by atoms with Gasteiger partial charge in [-0.1, -0.05) is 48.0 Å². The zero-order valence-electron chi connectivity index (χ0n) is 12.6. The Hall–Kier alpha value is -1.69. The third-order valence-electron chi connectivity index (χ3n) is 4.03. The van der Waals surface area contributed by atoms with Crippen molar-refractivity contribution in [3.8, 4) is 0 Å². The lowest BCUT2D eigenvalue weighted by atomic mass is 10.0. The van der Waals surface area contributed by atoms with Crippen molar-refractivity contribution in [2.24, 2.45) is 0 Å². The first-order valence-electron chi connectivity index (χ1n) is 7.25. The minimum atomic E-state index is -3.54. The first-order chi connectivity index (χ1) is 10.5. The van der Waals surface area contributed by atoms with Gasteiger partial charge in [0.15, 0.2) is 0 Å². The number of ether oxygens (including phenoxy) is 1. The summed E-state index contributed by atoms with van der Waals surface area (Å²) >= 11 is 0. The lowest BCUT2D eigenvalue weighted by Gasteiger charge is -2.22. The van der Waals surface area contributed by atoms with Crippen molar-refractivity contribution in [3.63, 3.8) is 0 Å². The maximum absolute atomic E-state index is 12.8. The summed E-state index contributed by atoms with van der Waals surface area (Å²) in [6, 6.07) is 16.4. The first kappa shape index (κ1) is 15.2. The predicted octanol–water partition coefficient (Wildman–Crippen LogP) is 3.10. The highest BCUT2D eigenvalue weighted by Crippen LogP contribution is 2.34. The van der Waals surface area contributed by atoms with Crippen molar-refractivity contribution >= 4 is 10.0 Å². The number of hydrogen-bond donors (Lipinski definition) is 0. The molecule has 0 N–H and O–H groups in total. The standard InChI is InChI=1S/C17H19NO3S/c1-13-8-10-16(11-9-13)22(19,20)18-12-21-17(14(18)2)15-6-4-3-5-7-15/h3-11,14,17H,12H2,1-2H3/t14-,17-/m0/s1. The highest BCUT2D eigenvalue weighted by molar-refractivity contribution is 7.89. The maximum Gasteiger partial charge on any atom is 0.245 e. The average molecular weight is 317 g/mol. The topological polar surface area (TPSA) is 46.6 Å². The Morgan fingerprint density at radius 3 is 2.32 bits per heavy atom. The van der Waals surface area contributed by atoms with Crippen molar-refractivity contribution in [3.05, 3.63) is 65.7 Å². The van der Waals surface area contributed by atoms with Crippen LogP contribution in [-0.2, 0) is 14.8 Å². The molecule has 2 aromatic rings. The molecule has 1 saturated heterocycles. The molecule has 2 atom stereocenters. The van der Waals surface area contributed by atoms with Crippen LogP contribution in [0.5, 0.6) is 0 Å². The fraction of sp³-hybridized carbons (Fsp3) is 0.294. The lowest BCUT2D eigenvalue weighted by Crippen LogP contribution is -2.35. The molecule has 0 radical (unpaired) electrons. The van der Waals surface area contributed by atoms with Gasteiger partial charge in [-0.3, -0.25) is 0 Å². The van der Waals surface area contributed by atoms with Gasteiger partial charge >= 0.3 is 0 Å². The molecule has 0 spiro atoms. The normalized spacial score (nSPS) is 22.8. The van der Waals surface area contributed by atoms with Crippen LogP contribution in [0.3, 0.4) is 0 Å². The summed E-state index contributed by atoms with van der Waals surface area (Å²) in [7, 11) is -3.54. The van der Waals surface area contributed by atoms with Gasteiger partial charge in [-0.25, -0.2) is 8.42 Å². The van der Waals surface area contributed by atoms with E-state index in [-0.39, 0.29) is 18.9 Å². The largest absolute Gasteiger partial charge is 0.355 e. The molecular formula is C17H19NO3S. The van der Waals surface area contributed by atoms with Crippen LogP contribution in [0.15, 0.2) is 59.5 Å². The minimum absolute atomic E-state index is 0.0803. The van der Waals surface area contributed by atoms with Gasteiger partial charge in [0.05, 0.1) is 10.9 Å². The predicted molar refractivity (Wildman–Crippen MR) is 84.8 cm³/mol. The summed E-state index contributed by atoms with van der Waals surface area (Å²) in [4.78, 5) is 0.308. The number of sulfonamides is 1. The molecule has 0 bridgehead atoms. The highest BCUT2D eigenvalue weighted by Gasteiger charge is 2.40. The maximum atomic E-state index is 12.8. The van der Waals surface area contributed by atoms with Gasteiger partial charge in [0.25, 0.3) is 0 Å². The molecule has 0 amide bonds. The molecule has 3 rings (SSSR count). The Morgan fingerprint density at radius 2 is 1.68 bits per heavy atom. The molecule has 22 heavy (non-hydrogen) atoms. The smallest absolute Gasteiger partial charge is 0.245 e. The van der Waals surface area contributed by atoms with Crippen LogP contribution in [0, 0.1) is 6.92 Å². The van der Waals surface area contributed by atoms with Crippen LogP contribution in [0.1, 0.15) is 24.2 Å². The molecule has 116 valence electrons. The van der Waals surface area contributed by atoms with E-state index in [0.29, 0.717) is 4.90 Å². The van der Waals surface area contributed by atoms with E-state index in [1.807, 2.05) is 56.3 Å². The van der Waals surface area contributed by atoms with Gasteiger partial charge in [0.1, 0.15) is 12.8 Å². The SMILES string of the molecule is Cc1ccc(S(=O)(=O)N2CO[C@H](c3ccccc3)[C@@H]2C)cc1. The zero-order valence-corrected chi connectivity index (χ0v) is 13.5. The molecule has 2 aromatic carbocycles. The molecule has 1 aliphatic heterocycles. The summed E-state index contributed by atoms with van der Waals surface area (Å²) in [5, 5.41) is 0. The van der Waals surface area contributed by atoms with Crippen LogP contribution in [-0.4, -0.2) is 25.5 Å². The minimum Gasteiger partial charge on any atom is -0.355 e. The fourth-order valence-electron chi connectivity index (χ4n) is 2.71. The number of aryl methyl sites for hydroxylation is 1. The monoisotopic (exact) mass is 317 g/mol. The van der Waals surface area contributed by atoms with E-state index >= 15 is 0 Å². The van der Waals surface area contributed by atoms with E-state index in [9.17, 15) is 8.42 Å². The second-order valence-electron chi connectivity index (χ2n) is 5.57. The molecular weight excluding hydrogens is 298 g/mol. The molecule has 4 nitrogen and oxygen atoms in total. The Kier molecular flexibility index (Phi) is 4.04. The van der Waals surface area contributed by atoms with Crippen molar-refractivity contribution in [2.75, 3.05) is 6.73 Å². The fourth-order valence-corrected chi connectivity index (χ4v) is 4.21. The van der Waals surface area contributed by atoms with Crippen LogP contribution in [0.25, 0.3) is 0 Å². The van der Waals surface area contributed by atoms with Gasteiger partial charge in [-0.2, -0.15) is 4.31 Å². The summed E-state index contributed by atoms with van der Waals surface area (Å²) in [6.45, 7) is 3.90. The van der Waals surface area contributed by atoms with Crippen molar-refractivity contribution in [1.82, 2.24) is 4.31 Å². The van der Waals surface area contributed by atoms with Crippen LogP contribution >= 0.6 is 0 Å². The Morgan fingerprint density at radius 1 is 1.05 bits per heavy atom. The number of hydrogen-bond acceptors (Lipinski definition) is 3. The van der Waals surface area contributed by atoms with Crippen LogP contribution in [0.4, 0.5) is 0 Å². The molecule has 1 fully saturated rings. The summed E-state index contributed by atoms with van der Waals surface area (Å²) in [5.41, 5.74) is 2.03. The molecule has 0 aromatic heterocycles. The Bertz CT molecular complexity index is 741. The van der Waals surface area contributed by atoms with E-state index in [1.165, 1.54) is 4.31 Å². The van der Waals surface area contributed by atoms with Gasteiger partial charge in [0, 0.05) is 0 Å². The third kappa shape index (κ3) is 2.67. The number of nitrogens with zero attached hydrogens (tertiary/aromatic N) is 1. The third-order valence-corrected chi connectivity index (χ3v) is 5.95.